The molecule has 164 valence electrons. The molecule has 0 amide bonds. The number of hydrogen-bond acceptors (Lipinski definition) is 4. The highest BCUT2D eigenvalue weighted by Gasteiger charge is 2.10. The smallest absolute Gasteiger partial charge is 0.119 e. The van der Waals surface area contributed by atoms with Gasteiger partial charge in [-0.05, 0) is 87.6 Å². The molecule has 0 heterocycles. The Morgan fingerprint density at radius 1 is 0.600 bits per heavy atom. The lowest BCUT2D eigenvalue weighted by Crippen LogP contribution is -2.19. The van der Waals surface area contributed by atoms with E-state index in [4.69, 9.17) is 9.47 Å². The molecule has 4 heteroatoms. The summed E-state index contributed by atoms with van der Waals surface area (Å²) < 4.78 is 11.7. The third-order valence-electron chi connectivity index (χ3n) is 5.09. The topological polar surface area (TPSA) is 24.9 Å². The highest BCUT2D eigenvalue weighted by Crippen LogP contribution is 2.32. The Hall–Kier alpha value is -2.30. The Kier molecular flexibility index (Phi) is 9.92. The van der Waals surface area contributed by atoms with E-state index in [1.807, 2.05) is 0 Å². The molecule has 0 fully saturated rings. The molecule has 2 aromatic carbocycles. The summed E-state index contributed by atoms with van der Waals surface area (Å²) in [6, 6.07) is 17.0. The Morgan fingerprint density at radius 2 is 0.933 bits per heavy atom. The van der Waals surface area contributed by atoms with Crippen molar-refractivity contribution in [1.29, 1.82) is 0 Å². The van der Waals surface area contributed by atoms with Crippen LogP contribution in [0.1, 0.15) is 37.8 Å². The summed E-state index contributed by atoms with van der Waals surface area (Å²) in [5.74, 6) is 1.85. The van der Waals surface area contributed by atoms with E-state index in [0.29, 0.717) is 13.2 Å². The van der Waals surface area contributed by atoms with Gasteiger partial charge in [0.15, 0.2) is 0 Å². The second-order valence-corrected chi connectivity index (χ2v) is 8.02. The summed E-state index contributed by atoms with van der Waals surface area (Å²) in [4.78, 5) is 4.25. The van der Waals surface area contributed by atoms with E-state index in [2.05, 4.69) is 100 Å². The van der Waals surface area contributed by atoms with Crippen LogP contribution in [0.3, 0.4) is 0 Å². The summed E-state index contributed by atoms with van der Waals surface area (Å²) in [5.41, 5.74) is 5.30. The van der Waals surface area contributed by atoms with Crippen molar-refractivity contribution in [3.05, 3.63) is 59.7 Å². The summed E-state index contributed by atoms with van der Waals surface area (Å²) in [5, 5.41) is 0. The minimum absolute atomic E-state index is 0.700. The van der Waals surface area contributed by atoms with Crippen LogP contribution in [-0.2, 0) is 0 Å². The normalized spacial score (nSPS) is 12.3. The second kappa shape index (κ2) is 12.4. The molecule has 0 spiro atoms. The Balaban J connectivity index is 2.15. The molecule has 0 bridgehead atoms. The molecule has 2 rings (SSSR count). The zero-order valence-corrected chi connectivity index (χ0v) is 19.6. The Labute approximate surface area is 183 Å². The Bertz CT molecular complexity index is 710. The third kappa shape index (κ3) is 7.51. The number of hydrogen-bond donors (Lipinski definition) is 0. The van der Waals surface area contributed by atoms with Gasteiger partial charge in [0, 0.05) is 13.1 Å². The first-order valence-electron chi connectivity index (χ1n) is 10.9. The van der Waals surface area contributed by atoms with Gasteiger partial charge in [-0.1, -0.05) is 38.1 Å². The van der Waals surface area contributed by atoms with Gasteiger partial charge >= 0.3 is 0 Å². The van der Waals surface area contributed by atoms with Crippen LogP contribution in [0.5, 0.6) is 11.5 Å². The fourth-order valence-corrected chi connectivity index (χ4v) is 3.38. The monoisotopic (exact) mass is 410 g/mol. The van der Waals surface area contributed by atoms with Gasteiger partial charge in [0.05, 0.1) is 0 Å². The molecule has 0 aromatic heterocycles. The van der Waals surface area contributed by atoms with Crippen molar-refractivity contribution in [3.63, 3.8) is 0 Å². The molecule has 0 aliphatic carbocycles. The highest BCUT2D eigenvalue weighted by atomic mass is 16.5. The van der Waals surface area contributed by atoms with Crippen molar-refractivity contribution < 1.29 is 9.47 Å². The predicted octanol–water partition coefficient (Wildman–Crippen LogP) is 5.30. The van der Waals surface area contributed by atoms with Crippen molar-refractivity contribution >= 4 is 11.1 Å². The number of nitrogens with zero attached hydrogens (tertiary/aromatic N) is 2. The van der Waals surface area contributed by atoms with E-state index < -0.39 is 0 Å². The van der Waals surface area contributed by atoms with Gasteiger partial charge in [-0.25, -0.2) is 0 Å². The fourth-order valence-electron chi connectivity index (χ4n) is 3.38. The first-order chi connectivity index (χ1) is 14.4. The SMILES string of the molecule is CCC(=C(CC)c1ccc(OCCN(C)C)cc1)c1ccc(OCCN(C)C)cc1. The molecule has 4 nitrogen and oxygen atoms in total. The van der Waals surface area contributed by atoms with Crippen LogP contribution in [0.15, 0.2) is 48.5 Å². The van der Waals surface area contributed by atoms with Crippen LogP contribution < -0.4 is 9.47 Å². The van der Waals surface area contributed by atoms with Gasteiger partial charge in [0.25, 0.3) is 0 Å². The van der Waals surface area contributed by atoms with Crippen molar-refractivity contribution in [2.24, 2.45) is 0 Å². The number of rotatable bonds is 12. The maximum atomic E-state index is 5.84. The van der Waals surface area contributed by atoms with E-state index in [0.717, 1.165) is 37.4 Å². The average molecular weight is 411 g/mol. The summed E-state index contributed by atoms with van der Waals surface area (Å²) in [6.45, 7) is 7.68. The van der Waals surface area contributed by atoms with Crippen molar-refractivity contribution in [2.45, 2.75) is 26.7 Å². The maximum absolute atomic E-state index is 5.84. The molecule has 0 atom stereocenters. The van der Waals surface area contributed by atoms with E-state index in [1.54, 1.807) is 0 Å². The van der Waals surface area contributed by atoms with E-state index in [-0.39, 0.29) is 0 Å². The number of benzene rings is 2. The van der Waals surface area contributed by atoms with Crippen molar-refractivity contribution in [1.82, 2.24) is 9.80 Å². The fraction of sp³-hybridized carbons (Fsp3) is 0.462. The van der Waals surface area contributed by atoms with Gasteiger partial charge in [-0.2, -0.15) is 0 Å². The lowest BCUT2D eigenvalue weighted by atomic mass is 9.91. The van der Waals surface area contributed by atoms with Crippen LogP contribution in [0.4, 0.5) is 0 Å². The lowest BCUT2D eigenvalue weighted by Gasteiger charge is -2.16. The average Bonchev–Trinajstić information content (AvgIpc) is 2.73. The largest absolute Gasteiger partial charge is 0.492 e. The predicted molar refractivity (Wildman–Crippen MR) is 128 cm³/mol. The third-order valence-corrected chi connectivity index (χ3v) is 5.09. The molecule has 2 aromatic rings. The van der Waals surface area contributed by atoms with Crippen LogP contribution in [0, 0.1) is 0 Å². The molecular weight excluding hydrogens is 372 g/mol. The zero-order valence-electron chi connectivity index (χ0n) is 19.6. The molecule has 0 N–H and O–H groups in total. The quantitative estimate of drug-likeness (QED) is 0.443. The van der Waals surface area contributed by atoms with Crippen LogP contribution in [0.25, 0.3) is 11.1 Å². The van der Waals surface area contributed by atoms with E-state index >= 15 is 0 Å². The van der Waals surface area contributed by atoms with Gasteiger partial charge in [-0.3, -0.25) is 0 Å². The van der Waals surface area contributed by atoms with Crippen molar-refractivity contribution in [2.75, 3.05) is 54.5 Å². The van der Waals surface area contributed by atoms with Crippen LogP contribution in [0.2, 0.25) is 0 Å². The van der Waals surface area contributed by atoms with Crippen molar-refractivity contribution in [3.8, 4) is 11.5 Å². The molecule has 0 radical (unpaired) electrons. The second-order valence-electron chi connectivity index (χ2n) is 8.02. The molecule has 0 aliphatic heterocycles. The minimum Gasteiger partial charge on any atom is -0.492 e. The summed E-state index contributed by atoms with van der Waals surface area (Å²) >= 11 is 0. The minimum atomic E-state index is 0.700. The summed E-state index contributed by atoms with van der Waals surface area (Å²) in [7, 11) is 8.22. The molecule has 0 saturated carbocycles. The Morgan fingerprint density at radius 3 is 1.20 bits per heavy atom. The first kappa shape index (κ1) is 24.0. The van der Waals surface area contributed by atoms with E-state index in [1.165, 1.54) is 22.3 Å². The van der Waals surface area contributed by atoms with Gasteiger partial charge < -0.3 is 19.3 Å². The molecule has 0 saturated heterocycles. The van der Waals surface area contributed by atoms with Gasteiger partial charge in [0.1, 0.15) is 24.7 Å². The zero-order chi connectivity index (χ0) is 21.9. The van der Waals surface area contributed by atoms with Gasteiger partial charge in [-0.15, -0.1) is 0 Å². The van der Waals surface area contributed by atoms with Crippen LogP contribution in [-0.4, -0.2) is 64.3 Å². The number of allylic oxidation sites excluding steroid dienone is 2. The van der Waals surface area contributed by atoms with Gasteiger partial charge in [0.2, 0.25) is 0 Å². The number of likely N-dealkylation sites (N-methyl/N-ethyl adjacent to an activating group) is 2. The number of ether oxygens (including phenoxy) is 2. The van der Waals surface area contributed by atoms with E-state index in [9.17, 15) is 0 Å². The first-order valence-corrected chi connectivity index (χ1v) is 10.9. The standard InChI is InChI=1S/C26H38N2O2/c1-7-25(21-9-13-23(14-10-21)29-19-17-27(3)4)26(8-2)22-11-15-24(16-12-22)30-20-18-28(5)6/h9-16H,7-8,17-20H2,1-6H3. The lowest BCUT2D eigenvalue weighted by molar-refractivity contribution is 0.261. The van der Waals surface area contributed by atoms with Crippen LogP contribution >= 0.6 is 0 Å². The molecule has 30 heavy (non-hydrogen) atoms. The highest BCUT2D eigenvalue weighted by molar-refractivity contribution is 5.90. The maximum Gasteiger partial charge on any atom is 0.119 e. The molecular formula is C26H38N2O2. The molecule has 0 unspecified atom stereocenters. The molecule has 0 aliphatic rings. The summed E-state index contributed by atoms with van der Waals surface area (Å²) in [6.07, 6.45) is 1.98.